The monoisotopic (exact) mass is 280 g/mol. The molecule has 3 rings (SSSR count). The molecule has 0 amide bonds. The predicted molar refractivity (Wildman–Crippen MR) is 87.7 cm³/mol. The molecule has 0 bridgehead atoms. The second-order valence-corrected chi connectivity index (χ2v) is 5.63. The van der Waals surface area contributed by atoms with Crippen molar-refractivity contribution >= 4 is 22.5 Å². The molecule has 1 unspecified atom stereocenters. The minimum absolute atomic E-state index is 0.509. The van der Waals surface area contributed by atoms with Gasteiger partial charge in [-0.15, -0.1) is 11.8 Å². The van der Waals surface area contributed by atoms with Crippen LogP contribution in [0.1, 0.15) is 18.1 Å². The quantitative estimate of drug-likeness (QED) is 0.812. The first kappa shape index (κ1) is 13.1. The highest BCUT2D eigenvalue weighted by atomic mass is 32.2. The van der Waals surface area contributed by atoms with Crippen molar-refractivity contribution in [3.8, 4) is 0 Å². The zero-order valence-corrected chi connectivity index (χ0v) is 12.4. The SMILES string of the molecule is CSC1=NC(C)(c2ccccc2)N=C1c1ccccc1. The molecule has 2 nitrogen and oxygen atoms in total. The fourth-order valence-electron chi connectivity index (χ4n) is 2.35. The van der Waals surface area contributed by atoms with E-state index < -0.39 is 5.66 Å². The molecule has 0 N–H and O–H groups in total. The lowest BCUT2D eigenvalue weighted by atomic mass is 10.0. The van der Waals surface area contributed by atoms with E-state index in [1.54, 1.807) is 11.8 Å². The Morgan fingerprint density at radius 2 is 1.45 bits per heavy atom. The maximum atomic E-state index is 4.90. The van der Waals surface area contributed by atoms with Gasteiger partial charge in [0.2, 0.25) is 0 Å². The third-order valence-corrected chi connectivity index (χ3v) is 4.08. The first-order valence-corrected chi connectivity index (χ1v) is 7.80. The number of hydrogen-bond donors (Lipinski definition) is 0. The number of benzene rings is 2. The van der Waals surface area contributed by atoms with Crippen LogP contribution >= 0.6 is 11.8 Å². The van der Waals surface area contributed by atoms with Crippen LogP contribution < -0.4 is 0 Å². The van der Waals surface area contributed by atoms with E-state index in [0.29, 0.717) is 0 Å². The molecule has 0 saturated carbocycles. The molecule has 0 saturated heterocycles. The van der Waals surface area contributed by atoms with Crippen molar-refractivity contribution in [2.45, 2.75) is 12.6 Å². The van der Waals surface area contributed by atoms with E-state index in [4.69, 9.17) is 9.98 Å². The van der Waals surface area contributed by atoms with Gasteiger partial charge in [-0.25, -0.2) is 9.98 Å². The van der Waals surface area contributed by atoms with Crippen molar-refractivity contribution in [2.24, 2.45) is 9.98 Å². The number of rotatable bonds is 2. The Balaban J connectivity index is 2.09. The second-order valence-electron chi connectivity index (χ2n) is 4.83. The Kier molecular flexibility index (Phi) is 3.45. The summed E-state index contributed by atoms with van der Waals surface area (Å²) in [6.45, 7) is 2.06. The van der Waals surface area contributed by atoms with E-state index in [-0.39, 0.29) is 0 Å². The van der Waals surface area contributed by atoms with Crippen molar-refractivity contribution in [3.63, 3.8) is 0 Å². The molecule has 0 aromatic heterocycles. The molecule has 1 atom stereocenters. The van der Waals surface area contributed by atoms with Crippen LogP contribution in [0.2, 0.25) is 0 Å². The third kappa shape index (κ3) is 2.29. The van der Waals surface area contributed by atoms with Crippen LogP contribution in [0, 0.1) is 0 Å². The molecule has 0 aliphatic carbocycles. The van der Waals surface area contributed by atoms with Gasteiger partial charge >= 0.3 is 0 Å². The summed E-state index contributed by atoms with van der Waals surface area (Å²) < 4.78 is 0. The Bertz CT molecular complexity index is 662. The summed E-state index contributed by atoms with van der Waals surface area (Å²) in [5.41, 5.74) is 2.73. The topological polar surface area (TPSA) is 24.7 Å². The van der Waals surface area contributed by atoms with Gasteiger partial charge in [0, 0.05) is 11.1 Å². The fourth-order valence-corrected chi connectivity index (χ4v) is 2.98. The zero-order valence-electron chi connectivity index (χ0n) is 11.6. The molecule has 20 heavy (non-hydrogen) atoms. The van der Waals surface area contributed by atoms with E-state index in [1.807, 2.05) is 42.7 Å². The first-order chi connectivity index (χ1) is 9.73. The first-order valence-electron chi connectivity index (χ1n) is 6.58. The maximum absolute atomic E-state index is 4.90. The molecule has 3 heteroatoms. The van der Waals surface area contributed by atoms with Crippen molar-refractivity contribution in [1.82, 2.24) is 0 Å². The average Bonchev–Trinajstić information content (AvgIpc) is 2.88. The highest BCUT2D eigenvalue weighted by Gasteiger charge is 2.33. The largest absolute Gasteiger partial charge is 0.248 e. The van der Waals surface area contributed by atoms with Crippen molar-refractivity contribution in [2.75, 3.05) is 6.26 Å². The molecule has 0 radical (unpaired) electrons. The number of aliphatic imine (C=N–C) groups is 2. The van der Waals surface area contributed by atoms with Crippen LogP contribution in [0.15, 0.2) is 70.6 Å². The summed E-state index contributed by atoms with van der Waals surface area (Å²) in [6, 6.07) is 20.5. The average molecular weight is 280 g/mol. The van der Waals surface area contributed by atoms with Gasteiger partial charge in [0.1, 0.15) is 5.04 Å². The minimum Gasteiger partial charge on any atom is -0.248 e. The molecule has 1 aliphatic rings. The van der Waals surface area contributed by atoms with Crippen molar-refractivity contribution < 1.29 is 0 Å². The lowest BCUT2D eigenvalue weighted by Gasteiger charge is -2.17. The van der Waals surface area contributed by atoms with Gasteiger partial charge in [0.25, 0.3) is 0 Å². The standard InChI is InChI=1S/C17H16N2S/c1-17(14-11-7-4-8-12-14)18-15(16(19-17)20-2)13-9-5-3-6-10-13/h3-12H,1-2H3. The number of hydrogen-bond acceptors (Lipinski definition) is 3. The summed E-state index contributed by atoms with van der Waals surface area (Å²) in [5, 5.41) is 1.00. The second kappa shape index (κ2) is 5.25. The maximum Gasteiger partial charge on any atom is 0.175 e. The summed E-state index contributed by atoms with van der Waals surface area (Å²) in [5.74, 6) is 0. The van der Waals surface area contributed by atoms with Gasteiger partial charge in [-0.2, -0.15) is 0 Å². The lowest BCUT2D eigenvalue weighted by molar-refractivity contribution is 0.542. The van der Waals surface area contributed by atoms with Gasteiger partial charge in [-0.1, -0.05) is 60.7 Å². The van der Waals surface area contributed by atoms with Crippen LogP contribution in [-0.4, -0.2) is 17.0 Å². The molecule has 2 aromatic rings. The Hall–Kier alpha value is -1.87. The van der Waals surface area contributed by atoms with Crippen LogP contribution in [0.5, 0.6) is 0 Å². The van der Waals surface area contributed by atoms with E-state index in [1.165, 1.54) is 0 Å². The summed E-state index contributed by atoms with van der Waals surface area (Å²) >= 11 is 1.65. The molecule has 0 spiro atoms. The van der Waals surface area contributed by atoms with Crippen LogP contribution in [-0.2, 0) is 5.66 Å². The molecule has 0 fully saturated rings. The molecule has 2 aromatic carbocycles. The van der Waals surface area contributed by atoms with Crippen molar-refractivity contribution in [3.05, 3.63) is 71.8 Å². The van der Waals surface area contributed by atoms with Gasteiger partial charge in [-0.3, -0.25) is 0 Å². The smallest absolute Gasteiger partial charge is 0.175 e. The van der Waals surface area contributed by atoms with Gasteiger partial charge in [0.15, 0.2) is 5.66 Å². The summed E-state index contributed by atoms with van der Waals surface area (Å²) in [7, 11) is 0. The van der Waals surface area contributed by atoms with E-state index >= 15 is 0 Å². The molecule has 100 valence electrons. The summed E-state index contributed by atoms with van der Waals surface area (Å²) in [6.07, 6.45) is 2.05. The molecular weight excluding hydrogens is 264 g/mol. The minimum atomic E-state index is -0.509. The third-order valence-electron chi connectivity index (χ3n) is 3.41. The normalized spacial score (nSPS) is 21.5. The lowest BCUT2D eigenvalue weighted by Crippen LogP contribution is -2.13. The van der Waals surface area contributed by atoms with E-state index in [9.17, 15) is 0 Å². The van der Waals surface area contributed by atoms with Gasteiger partial charge in [-0.05, 0) is 13.2 Å². The van der Waals surface area contributed by atoms with Crippen molar-refractivity contribution in [1.29, 1.82) is 0 Å². The predicted octanol–water partition coefficient (Wildman–Crippen LogP) is 4.12. The van der Waals surface area contributed by atoms with Crippen LogP contribution in [0.4, 0.5) is 0 Å². The van der Waals surface area contributed by atoms with Crippen LogP contribution in [0.3, 0.4) is 0 Å². The van der Waals surface area contributed by atoms with Gasteiger partial charge in [0.05, 0.1) is 5.71 Å². The zero-order chi connectivity index (χ0) is 14.0. The molecule has 1 heterocycles. The Morgan fingerprint density at radius 3 is 2.05 bits per heavy atom. The van der Waals surface area contributed by atoms with E-state index in [2.05, 4.69) is 31.2 Å². The van der Waals surface area contributed by atoms with Crippen LogP contribution in [0.25, 0.3) is 0 Å². The Labute approximate surface area is 123 Å². The number of thioether (sulfide) groups is 1. The molecular formula is C17H16N2S. The highest BCUT2D eigenvalue weighted by molar-refractivity contribution is 8.15. The summed E-state index contributed by atoms with van der Waals surface area (Å²) in [4.78, 5) is 9.75. The van der Waals surface area contributed by atoms with E-state index in [0.717, 1.165) is 21.9 Å². The highest BCUT2D eigenvalue weighted by Crippen LogP contribution is 2.34. The Morgan fingerprint density at radius 1 is 0.850 bits per heavy atom. The fraction of sp³-hybridized carbons (Fsp3) is 0.176. The molecule has 1 aliphatic heterocycles. The number of nitrogens with zero attached hydrogens (tertiary/aromatic N) is 2. The van der Waals surface area contributed by atoms with Gasteiger partial charge < -0.3 is 0 Å².